The molecule has 2 aromatic carbocycles. The maximum absolute atomic E-state index is 13.8. The van der Waals surface area contributed by atoms with E-state index in [0.29, 0.717) is 22.6 Å². The second kappa shape index (κ2) is 4.72. The van der Waals surface area contributed by atoms with E-state index in [2.05, 4.69) is 4.98 Å². The van der Waals surface area contributed by atoms with Gasteiger partial charge in [0.1, 0.15) is 11.6 Å². The fraction of sp³-hybridized carbons (Fsp3) is 0. The molecule has 5 heteroatoms. The van der Waals surface area contributed by atoms with E-state index in [0.717, 1.165) is 12.1 Å². The van der Waals surface area contributed by atoms with Crippen LogP contribution in [0.5, 0.6) is 0 Å². The maximum Gasteiger partial charge on any atom is 0.152 e. The topological polar surface area (TPSA) is 32.9 Å². The number of hydrogen-bond donors (Lipinski definition) is 1. The van der Waals surface area contributed by atoms with Gasteiger partial charge in [0, 0.05) is 10.4 Å². The third-order valence-electron chi connectivity index (χ3n) is 3.14. The summed E-state index contributed by atoms with van der Waals surface area (Å²) in [7, 11) is 0. The molecule has 1 aromatic heterocycles. The van der Waals surface area contributed by atoms with Crippen molar-refractivity contribution in [1.82, 2.24) is 4.98 Å². The Bertz CT molecular complexity index is 809. The van der Waals surface area contributed by atoms with Gasteiger partial charge >= 0.3 is 0 Å². The molecule has 0 bridgehead atoms. The van der Waals surface area contributed by atoms with Crippen molar-refractivity contribution in [3.05, 3.63) is 58.6 Å². The fourth-order valence-electron chi connectivity index (χ4n) is 2.22. The third-order valence-corrected chi connectivity index (χ3v) is 3.40. The smallest absolute Gasteiger partial charge is 0.152 e. The molecule has 0 saturated carbocycles. The van der Waals surface area contributed by atoms with Crippen molar-refractivity contribution in [3.8, 4) is 11.3 Å². The Morgan fingerprint density at radius 2 is 1.65 bits per heavy atom. The van der Waals surface area contributed by atoms with Crippen LogP contribution in [-0.4, -0.2) is 11.3 Å². The Morgan fingerprint density at radius 1 is 1.00 bits per heavy atom. The summed E-state index contributed by atoms with van der Waals surface area (Å²) in [5.41, 5.74) is 1.08. The van der Waals surface area contributed by atoms with Gasteiger partial charge in [-0.15, -0.1) is 0 Å². The second-order valence-corrected chi connectivity index (χ2v) is 4.75. The lowest BCUT2D eigenvalue weighted by Crippen LogP contribution is -1.86. The van der Waals surface area contributed by atoms with Crippen molar-refractivity contribution in [1.29, 1.82) is 0 Å². The normalized spacial score (nSPS) is 10.9. The highest BCUT2D eigenvalue weighted by molar-refractivity contribution is 6.30. The third kappa shape index (κ3) is 1.89. The van der Waals surface area contributed by atoms with Crippen LogP contribution in [0.15, 0.2) is 36.4 Å². The Labute approximate surface area is 118 Å². The van der Waals surface area contributed by atoms with Gasteiger partial charge in [-0.2, -0.15) is 0 Å². The molecule has 1 heterocycles. The molecule has 3 rings (SSSR count). The molecule has 2 nitrogen and oxygen atoms in total. The van der Waals surface area contributed by atoms with Crippen molar-refractivity contribution in [2.24, 2.45) is 0 Å². The number of H-pyrrole nitrogens is 1. The van der Waals surface area contributed by atoms with Gasteiger partial charge in [-0.1, -0.05) is 23.7 Å². The number of carbonyl (C=O) groups is 1. The molecule has 0 radical (unpaired) electrons. The SMILES string of the molecule is O=Cc1c(-c2ccc(Cl)cc2)[nH]c2c(F)ccc(F)c12. The minimum atomic E-state index is -0.639. The van der Waals surface area contributed by atoms with E-state index in [9.17, 15) is 13.6 Å². The minimum absolute atomic E-state index is 0.0166. The first-order chi connectivity index (χ1) is 9.61. The largest absolute Gasteiger partial charge is 0.351 e. The van der Waals surface area contributed by atoms with Crippen molar-refractivity contribution < 1.29 is 13.6 Å². The highest BCUT2D eigenvalue weighted by atomic mass is 35.5. The van der Waals surface area contributed by atoms with E-state index < -0.39 is 11.6 Å². The molecule has 20 heavy (non-hydrogen) atoms. The standard InChI is InChI=1S/C15H8ClF2NO/c16-9-3-1-8(2-4-9)14-10(7-20)13-11(17)5-6-12(18)15(13)19-14/h1-7,19H. The summed E-state index contributed by atoms with van der Waals surface area (Å²) in [6.07, 6.45) is 0.519. The molecule has 0 fully saturated rings. The number of aromatic nitrogens is 1. The molecule has 3 aromatic rings. The van der Waals surface area contributed by atoms with Gasteiger partial charge in [-0.05, 0) is 29.8 Å². The van der Waals surface area contributed by atoms with Gasteiger partial charge in [0.25, 0.3) is 0 Å². The number of rotatable bonds is 2. The fourth-order valence-corrected chi connectivity index (χ4v) is 2.34. The summed E-state index contributed by atoms with van der Waals surface area (Å²) in [4.78, 5) is 14.0. The minimum Gasteiger partial charge on any atom is -0.351 e. The van der Waals surface area contributed by atoms with Crippen LogP contribution in [-0.2, 0) is 0 Å². The Balaban J connectivity index is 2.36. The van der Waals surface area contributed by atoms with E-state index in [1.807, 2.05) is 0 Å². The average molecular weight is 292 g/mol. The molecule has 0 aliphatic carbocycles. The molecule has 0 amide bonds. The first-order valence-corrected chi connectivity index (χ1v) is 6.20. The summed E-state index contributed by atoms with van der Waals surface area (Å²) >= 11 is 5.80. The Kier molecular flexibility index (Phi) is 3.03. The summed E-state index contributed by atoms with van der Waals surface area (Å²) < 4.78 is 27.6. The molecule has 0 aliphatic rings. The highest BCUT2D eigenvalue weighted by Gasteiger charge is 2.18. The number of carbonyl (C=O) groups excluding carboxylic acids is 1. The van der Waals surface area contributed by atoms with Crippen LogP contribution in [0.2, 0.25) is 5.02 Å². The summed E-state index contributed by atoms with van der Waals surface area (Å²) in [6, 6.07) is 8.66. The monoisotopic (exact) mass is 291 g/mol. The molecular weight excluding hydrogens is 284 g/mol. The molecule has 0 spiro atoms. The molecule has 0 unspecified atom stereocenters. The van der Waals surface area contributed by atoms with Crippen LogP contribution in [0.1, 0.15) is 10.4 Å². The maximum atomic E-state index is 13.8. The zero-order valence-electron chi connectivity index (χ0n) is 10.1. The molecule has 1 N–H and O–H groups in total. The van der Waals surface area contributed by atoms with Gasteiger partial charge in [0.15, 0.2) is 6.29 Å². The lowest BCUT2D eigenvalue weighted by atomic mass is 10.1. The highest BCUT2D eigenvalue weighted by Crippen LogP contribution is 2.32. The van der Waals surface area contributed by atoms with Gasteiger partial charge in [-0.25, -0.2) is 8.78 Å². The average Bonchev–Trinajstić information content (AvgIpc) is 2.84. The lowest BCUT2D eigenvalue weighted by Gasteiger charge is -1.99. The zero-order chi connectivity index (χ0) is 14.3. The first-order valence-electron chi connectivity index (χ1n) is 5.82. The lowest BCUT2D eigenvalue weighted by molar-refractivity contribution is 0.112. The summed E-state index contributed by atoms with van der Waals surface area (Å²) in [6.45, 7) is 0. The number of aromatic amines is 1. The second-order valence-electron chi connectivity index (χ2n) is 4.32. The van der Waals surface area contributed by atoms with E-state index in [1.165, 1.54) is 0 Å². The van der Waals surface area contributed by atoms with Crippen LogP contribution in [0.25, 0.3) is 22.2 Å². The molecule has 100 valence electrons. The molecular formula is C15H8ClF2NO. The van der Waals surface area contributed by atoms with Gasteiger partial charge in [0.2, 0.25) is 0 Å². The number of aldehydes is 1. The number of hydrogen-bond acceptors (Lipinski definition) is 1. The Hall–Kier alpha value is -2.20. The van der Waals surface area contributed by atoms with E-state index in [-0.39, 0.29) is 16.5 Å². The quantitative estimate of drug-likeness (QED) is 0.689. The molecule has 0 saturated heterocycles. The predicted molar refractivity (Wildman–Crippen MR) is 74.0 cm³/mol. The van der Waals surface area contributed by atoms with Crippen molar-refractivity contribution in [2.45, 2.75) is 0 Å². The van der Waals surface area contributed by atoms with E-state index in [1.54, 1.807) is 24.3 Å². The van der Waals surface area contributed by atoms with Crippen LogP contribution in [0, 0.1) is 11.6 Å². The van der Waals surface area contributed by atoms with Crippen molar-refractivity contribution >= 4 is 28.8 Å². The zero-order valence-corrected chi connectivity index (χ0v) is 10.8. The van der Waals surface area contributed by atoms with Crippen LogP contribution in [0.4, 0.5) is 8.78 Å². The van der Waals surface area contributed by atoms with Gasteiger partial charge in [0.05, 0.1) is 16.8 Å². The number of nitrogens with one attached hydrogen (secondary N) is 1. The molecule has 0 aliphatic heterocycles. The van der Waals surface area contributed by atoms with E-state index in [4.69, 9.17) is 11.6 Å². The van der Waals surface area contributed by atoms with Crippen LogP contribution in [0.3, 0.4) is 0 Å². The van der Waals surface area contributed by atoms with Crippen LogP contribution < -0.4 is 0 Å². The number of halogens is 3. The number of fused-ring (bicyclic) bond motifs is 1. The van der Waals surface area contributed by atoms with Gasteiger partial charge in [-0.3, -0.25) is 4.79 Å². The van der Waals surface area contributed by atoms with Crippen molar-refractivity contribution in [2.75, 3.05) is 0 Å². The van der Waals surface area contributed by atoms with E-state index >= 15 is 0 Å². The van der Waals surface area contributed by atoms with Crippen molar-refractivity contribution in [3.63, 3.8) is 0 Å². The molecule has 0 atom stereocenters. The summed E-state index contributed by atoms with van der Waals surface area (Å²) in [5, 5.41) is 0.500. The summed E-state index contributed by atoms with van der Waals surface area (Å²) in [5.74, 6) is -1.25. The predicted octanol–water partition coefficient (Wildman–Crippen LogP) is 4.58. The Morgan fingerprint density at radius 3 is 2.30 bits per heavy atom. The van der Waals surface area contributed by atoms with Gasteiger partial charge < -0.3 is 4.98 Å². The number of benzene rings is 2. The first kappa shape index (κ1) is 12.8. The van der Waals surface area contributed by atoms with Crippen LogP contribution >= 0.6 is 11.6 Å².